The summed E-state index contributed by atoms with van der Waals surface area (Å²) in [5.74, 6) is 0.729. The minimum absolute atomic E-state index is 0.729. The summed E-state index contributed by atoms with van der Waals surface area (Å²) in [5.41, 5.74) is 11.0. The van der Waals surface area contributed by atoms with Crippen LogP contribution >= 0.6 is 11.3 Å². The number of hydrogen-bond donors (Lipinski definition) is 0. The molecule has 0 saturated carbocycles. The Morgan fingerprint density at radius 3 is 1.92 bits per heavy atom. The number of thiophene rings is 1. The van der Waals surface area contributed by atoms with E-state index in [1.54, 1.807) is 11.3 Å². The van der Waals surface area contributed by atoms with E-state index in [-0.39, 0.29) is 0 Å². The van der Waals surface area contributed by atoms with Crippen molar-refractivity contribution in [3.63, 3.8) is 0 Å². The Bertz CT molecular complexity index is 3130. The van der Waals surface area contributed by atoms with E-state index in [9.17, 15) is 0 Å². The second kappa shape index (κ2) is 11.0. The van der Waals surface area contributed by atoms with Crippen molar-refractivity contribution in [2.75, 3.05) is 0 Å². The third kappa shape index (κ3) is 4.13. The first-order valence-corrected chi connectivity index (χ1v) is 18.0. The molecule has 4 heterocycles. The van der Waals surface area contributed by atoms with Gasteiger partial charge in [-0.2, -0.15) is 0 Å². The topological polar surface area (TPSA) is 35.6 Å². The van der Waals surface area contributed by atoms with Crippen molar-refractivity contribution in [3.05, 3.63) is 170 Å². The lowest BCUT2D eigenvalue weighted by Crippen LogP contribution is -2.00. The molecule has 0 amide bonds. The van der Waals surface area contributed by atoms with Gasteiger partial charge in [0, 0.05) is 48.4 Å². The van der Waals surface area contributed by atoms with Gasteiger partial charge in [-0.1, -0.05) is 127 Å². The highest BCUT2D eigenvalue weighted by Gasteiger charge is 2.24. The van der Waals surface area contributed by atoms with Crippen LogP contribution < -0.4 is 0 Å². The summed E-state index contributed by atoms with van der Waals surface area (Å²) >= 11 is 1.77. The third-order valence-corrected chi connectivity index (χ3v) is 11.3. The van der Waals surface area contributed by atoms with Gasteiger partial charge in [-0.25, -0.2) is 9.97 Å². The molecule has 4 aromatic heterocycles. The molecule has 238 valence electrons. The molecule has 0 saturated heterocycles. The maximum atomic E-state index is 5.38. The van der Waals surface area contributed by atoms with Crippen LogP contribution in [0.2, 0.25) is 0 Å². The maximum Gasteiger partial charge on any atom is 0.160 e. The van der Waals surface area contributed by atoms with E-state index in [2.05, 4.69) is 173 Å². The molecule has 5 heteroatoms. The summed E-state index contributed by atoms with van der Waals surface area (Å²) in [6, 6.07) is 60.5. The Hall–Kier alpha value is -6.56. The molecule has 11 rings (SSSR count). The molecular formula is C46H28N4S. The van der Waals surface area contributed by atoms with Crippen LogP contribution in [-0.2, 0) is 0 Å². The van der Waals surface area contributed by atoms with Crippen LogP contribution in [-0.4, -0.2) is 19.1 Å². The highest BCUT2D eigenvalue weighted by atomic mass is 32.1. The normalized spacial score (nSPS) is 11.9. The predicted molar refractivity (Wildman–Crippen MR) is 214 cm³/mol. The van der Waals surface area contributed by atoms with Crippen molar-refractivity contribution < 1.29 is 0 Å². The van der Waals surface area contributed by atoms with E-state index in [1.807, 2.05) is 6.07 Å². The Morgan fingerprint density at radius 1 is 0.451 bits per heavy atom. The highest BCUT2D eigenvalue weighted by Crippen LogP contribution is 2.45. The van der Waals surface area contributed by atoms with Crippen molar-refractivity contribution in [1.29, 1.82) is 0 Å². The predicted octanol–water partition coefficient (Wildman–Crippen LogP) is 12.4. The quantitative estimate of drug-likeness (QED) is 0.187. The van der Waals surface area contributed by atoms with Crippen LogP contribution in [0, 0.1) is 0 Å². The van der Waals surface area contributed by atoms with Gasteiger partial charge in [-0.15, -0.1) is 11.3 Å². The second-order valence-corrected chi connectivity index (χ2v) is 14.0. The standard InChI is InChI=1S/C46H28N4S/c1-3-15-29(16-4-1)46-47-42(45-43(48-46)35-22-10-14-26-40(35)51-45)34-21-9-13-25-38(34)50-37-24-12-8-20-33(37)41-39(50)28-27-32-31-19-7-11-23-36(31)49(44(32)41)30-17-5-2-6-18-30/h1-28H. The van der Waals surface area contributed by atoms with Gasteiger partial charge in [0.2, 0.25) is 0 Å². The molecular weight excluding hydrogens is 641 g/mol. The molecule has 0 bridgehead atoms. The summed E-state index contributed by atoms with van der Waals surface area (Å²) in [6.07, 6.45) is 0. The van der Waals surface area contributed by atoms with Crippen molar-refractivity contribution in [3.8, 4) is 34.0 Å². The van der Waals surface area contributed by atoms with Gasteiger partial charge in [0.15, 0.2) is 5.82 Å². The van der Waals surface area contributed by atoms with Gasteiger partial charge in [-0.3, -0.25) is 0 Å². The molecule has 7 aromatic carbocycles. The number of para-hydroxylation sites is 4. The van der Waals surface area contributed by atoms with Crippen LogP contribution in [0.5, 0.6) is 0 Å². The monoisotopic (exact) mass is 668 g/mol. The fraction of sp³-hybridized carbons (Fsp3) is 0. The zero-order valence-electron chi connectivity index (χ0n) is 27.4. The third-order valence-electron chi connectivity index (χ3n) is 10.1. The molecule has 51 heavy (non-hydrogen) atoms. The Kier molecular flexibility index (Phi) is 6.09. The van der Waals surface area contributed by atoms with E-state index in [0.717, 1.165) is 60.7 Å². The zero-order chi connectivity index (χ0) is 33.5. The molecule has 0 spiro atoms. The summed E-state index contributed by atoms with van der Waals surface area (Å²) < 4.78 is 7.18. The Balaban J connectivity index is 1.27. The molecule has 0 atom stereocenters. The van der Waals surface area contributed by atoms with Gasteiger partial charge < -0.3 is 9.13 Å². The van der Waals surface area contributed by atoms with Crippen LogP contribution in [0.4, 0.5) is 0 Å². The van der Waals surface area contributed by atoms with Crippen LogP contribution in [0.15, 0.2) is 170 Å². The van der Waals surface area contributed by atoms with Crippen LogP contribution in [0.25, 0.3) is 97.9 Å². The molecule has 11 aromatic rings. The molecule has 0 radical (unpaired) electrons. The van der Waals surface area contributed by atoms with E-state index in [1.165, 1.54) is 37.3 Å². The van der Waals surface area contributed by atoms with E-state index >= 15 is 0 Å². The number of nitrogens with zero attached hydrogens (tertiary/aromatic N) is 4. The van der Waals surface area contributed by atoms with E-state index in [4.69, 9.17) is 9.97 Å². The number of benzene rings is 7. The summed E-state index contributed by atoms with van der Waals surface area (Å²) in [5, 5.41) is 6.10. The Labute approximate surface area is 297 Å². The first-order chi connectivity index (χ1) is 25.3. The Morgan fingerprint density at radius 2 is 1.10 bits per heavy atom. The minimum atomic E-state index is 0.729. The van der Waals surface area contributed by atoms with Gasteiger partial charge in [-0.05, 0) is 42.5 Å². The van der Waals surface area contributed by atoms with Gasteiger partial charge in [0.05, 0.1) is 43.7 Å². The fourth-order valence-electron chi connectivity index (χ4n) is 7.97. The van der Waals surface area contributed by atoms with Gasteiger partial charge in [0.1, 0.15) is 0 Å². The molecule has 0 unspecified atom stereocenters. The summed E-state index contributed by atoms with van der Waals surface area (Å²) in [6.45, 7) is 0. The molecule has 0 aliphatic heterocycles. The average molecular weight is 669 g/mol. The molecule has 0 aliphatic carbocycles. The van der Waals surface area contributed by atoms with Crippen LogP contribution in [0.1, 0.15) is 0 Å². The first kappa shape index (κ1) is 28.3. The lowest BCUT2D eigenvalue weighted by molar-refractivity contribution is 1.17. The summed E-state index contributed by atoms with van der Waals surface area (Å²) in [7, 11) is 0. The average Bonchev–Trinajstić information content (AvgIpc) is 3.86. The number of rotatable bonds is 4. The van der Waals surface area contributed by atoms with Crippen molar-refractivity contribution in [2.45, 2.75) is 0 Å². The zero-order valence-corrected chi connectivity index (χ0v) is 28.2. The van der Waals surface area contributed by atoms with E-state index in [0.29, 0.717) is 0 Å². The lowest BCUT2D eigenvalue weighted by Gasteiger charge is -2.15. The van der Waals surface area contributed by atoms with Gasteiger partial charge in [0.25, 0.3) is 0 Å². The summed E-state index contributed by atoms with van der Waals surface area (Å²) in [4.78, 5) is 10.6. The van der Waals surface area contributed by atoms with Crippen molar-refractivity contribution in [2.24, 2.45) is 0 Å². The van der Waals surface area contributed by atoms with Crippen molar-refractivity contribution in [1.82, 2.24) is 19.1 Å². The fourth-order valence-corrected chi connectivity index (χ4v) is 9.12. The largest absolute Gasteiger partial charge is 0.309 e. The second-order valence-electron chi connectivity index (χ2n) is 13.0. The molecule has 0 aliphatic rings. The maximum absolute atomic E-state index is 5.38. The smallest absolute Gasteiger partial charge is 0.160 e. The van der Waals surface area contributed by atoms with Crippen molar-refractivity contribution >= 4 is 75.3 Å². The number of hydrogen-bond acceptors (Lipinski definition) is 3. The van der Waals surface area contributed by atoms with E-state index < -0.39 is 0 Å². The SMILES string of the molecule is c1ccc(-c2nc(-c3ccccc3-n3c4ccccc4c4c3ccc3c5ccccc5n(-c5ccccc5)c34)c3sc4ccccc4c3n2)cc1. The molecule has 0 fully saturated rings. The van der Waals surface area contributed by atoms with Crippen LogP contribution in [0.3, 0.4) is 0 Å². The minimum Gasteiger partial charge on any atom is -0.309 e. The number of aromatic nitrogens is 4. The molecule has 4 nitrogen and oxygen atoms in total. The lowest BCUT2D eigenvalue weighted by atomic mass is 10.1. The highest BCUT2D eigenvalue weighted by molar-refractivity contribution is 7.26. The van der Waals surface area contributed by atoms with Gasteiger partial charge >= 0.3 is 0 Å². The first-order valence-electron chi connectivity index (χ1n) is 17.2. The number of fused-ring (bicyclic) bond motifs is 10. The molecule has 0 N–H and O–H groups in total.